The number of nitrogens with two attached hydrogens (primary N) is 1. The van der Waals surface area contributed by atoms with Gasteiger partial charge in [-0.2, -0.15) is 13.2 Å². The predicted octanol–water partition coefficient (Wildman–Crippen LogP) is 2.27. The second-order valence-corrected chi connectivity index (χ2v) is 6.15. The maximum absolute atomic E-state index is 12.5. The zero-order chi connectivity index (χ0) is 14.9. The molecule has 20 heavy (non-hydrogen) atoms. The lowest BCUT2D eigenvalue weighted by atomic mass is 10.1. The molecule has 1 aliphatic heterocycles. The number of morpholine rings is 1. The van der Waals surface area contributed by atoms with Crippen molar-refractivity contribution in [1.82, 2.24) is 9.88 Å². The molecule has 0 aliphatic carbocycles. The fraction of sp³-hybridized carbons (Fsp3) is 0.750. The first-order valence-electron chi connectivity index (χ1n) is 6.43. The average molecular weight is 309 g/mol. The summed E-state index contributed by atoms with van der Waals surface area (Å²) < 4.78 is 43.2. The SMILES string of the molecule is CC(C)N1CCOC(C(N)c2cnc(C(F)(F)F)s2)C1. The molecule has 114 valence electrons. The van der Waals surface area contributed by atoms with Crippen molar-refractivity contribution in [2.24, 2.45) is 5.73 Å². The molecule has 1 aromatic rings. The van der Waals surface area contributed by atoms with E-state index in [9.17, 15) is 13.2 Å². The molecule has 2 atom stereocenters. The van der Waals surface area contributed by atoms with Crippen LogP contribution in [0.4, 0.5) is 13.2 Å². The van der Waals surface area contributed by atoms with Crippen molar-refractivity contribution in [3.8, 4) is 0 Å². The van der Waals surface area contributed by atoms with Crippen molar-refractivity contribution in [2.45, 2.75) is 38.2 Å². The highest BCUT2D eigenvalue weighted by Crippen LogP contribution is 2.35. The topological polar surface area (TPSA) is 51.4 Å². The Balaban J connectivity index is 2.07. The van der Waals surface area contributed by atoms with E-state index >= 15 is 0 Å². The van der Waals surface area contributed by atoms with Gasteiger partial charge in [-0.25, -0.2) is 4.98 Å². The van der Waals surface area contributed by atoms with E-state index in [0.29, 0.717) is 35.4 Å². The summed E-state index contributed by atoms with van der Waals surface area (Å²) in [6, 6.07) is -0.217. The monoisotopic (exact) mass is 309 g/mol. The number of alkyl halides is 3. The quantitative estimate of drug-likeness (QED) is 0.930. The molecule has 1 fully saturated rings. The minimum absolute atomic E-state index is 0.298. The Labute approximate surface area is 119 Å². The second kappa shape index (κ2) is 5.97. The van der Waals surface area contributed by atoms with Gasteiger partial charge in [0.2, 0.25) is 0 Å². The number of thiazole rings is 1. The van der Waals surface area contributed by atoms with Crippen LogP contribution < -0.4 is 5.73 Å². The van der Waals surface area contributed by atoms with Crippen molar-refractivity contribution in [2.75, 3.05) is 19.7 Å². The van der Waals surface area contributed by atoms with Crippen LogP contribution in [-0.2, 0) is 10.9 Å². The van der Waals surface area contributed by atoms with E-state index in [1.165, 1.54) is 6.20 Å². The third-order valence-electron chi connectivity index (χ3n) is 3.35. The number of aromatic nitrogens is 1. The molecule has 2 rings (SSSR count). The minimum Gasteiger partial charge on any atom is -0.374 e. The molecule has 2 unspecified atom stereocenters. The van der Waals surface area contributed by atoms with E-state index in [1.54, 1.807) is 0 Å². The second-order valence-electron chi connectivity index (χ2n) is 5.09. The van der Waals surface area contributed by atoms with Gasteiger partial charge >= 0.3 is 6.18 Å². The lowest BCUT2D eigenvalue weighted by Crippen LogP contribution is -2.49. The number of rotatable bonds is 3. The fourth-order valence-electron chi connectivity index (χ4n) is 2.14. The highest BCUT2D eigenvalue weighted by Gasteiger charge is 2.36. The lowest BCUT2D eigenvalue weighted by molar-refractivity contribution is -0.137. The molecule has 0 spiro atoms. The molecule has 2 N–H and O–H groups in total. The average Bonchev–Trinajstić information content (AvgIpc) is 2.87. The standard InChI is InChI=1S/C12H18F3N3OS/c1-7(2)18-3-4-19-8(6-18)10(16)9-5-17-11(20-9)12(13,14)15/h5,7-8,10H,3-4,6,16H2,1-2H3. The van der Waals surface area contributed by atoms with Gasteiger partial charge in [-0.1, -0.05) is 0 Å². The van der Waals surface area contributed by atoms with Gasteiger partial charge in [0, 0.05) is 30.2 Å². The molecule has 1 saturated heterocycles. The van der Waals surface area contributed by atoms with E-state index in [0.717, 1.165) is 6.54 Å². The summed E-state index contributed by atoms with van der Waals surface area (Å²) in [4.78, 5) is 6.02. The Hall–Kier alpha value is -0.700. The number of hydrogen-bond donors (Lipinski definition) is 1. The first-order valence-corrected chi connectivity index (χ1v) is 7.25. The van der Waals surface area contributed by atoms with Crippen LogP contribution in [0.5, 0.6) is 0 Å². The maximum atomic E-state index is 12.5. The molecule has 0 radical (unpaired) electrons. The van der Waals surface area contributed by atoms with E-state index in [-0.39, 0.29) is 6.10 Å². The summed E-state index contributed by atoms with van der Waals surface area (Å²) in [5, 5.41) is -0.862. The molecule has 0 bridgehead atoms. The van der Waals surface area contributed by atoms with E-state index in [1.807, 2.05) is 0 Å². The van der Waals surface area contributed by atoms with Crippen molar-refractivity contribution < 1.29 is 17.9 Å². The number of ether oxygens (including phenoxy) is 1. The van der Waals surface area contributed by atoms with Crippen LogP contribution in [0.2, 0.25) is 0 Å². The Morgan fingerprint density at radius 2 is 2.20 bits per heavy atom. The van der Waals surface area contributed by atoms with Crippen LogP contribution in [0.3, 0.4) is 0 Å². The molecule has 1 aromatic heterocycles. The summed E-state index contributed by atoms with van der Waals surface area (Å²) in [5.41, 5.74) is 6.04. The molecule has 1 aliphatic rings. The molecule has 0 amide bonds. The molecule has 0 saturated carbocycles. The predicted molar refractivity (Wildman–Crippen MR) is 70.5 cm³/mol. The van der Waals surface area contributed by atoms with Gasteiger partial charge in [-0.15, -0.1) is 11.3 Å². The van der Waals surface area contributed by atoms with E-state index in [2.05, 4.69) is 23.7 Å². The first-order chi connectivity index (χ1) is 9.29. The summed E-state index contributed by atoms with van der Waals surface area (Å²) in [6.45, 7) is 6.13. The normalized spacial score (nSPS) is 23.2. The summed E-state index contributed by atoms with van der Waals surface area (Å²) >= 11 is 0.592. The highest BCUT2D eigenvalue weighted by atomic mass is 32.1. The summed E-state index contributed by atoms with van der Waals surface area (Å²) in [5.74, 6) is 0. The largest absolute Gasteiger partial charge is 0.443 e. The zero-order valence-corrected chi connectivity index (χ0v) is 12.2. The van der Waals surface area contributed by atoms with Gasteiger partial charge in [0.25, 0.3) is 0 Å². The molecule has 0 aromatic carbocycles. The van der Waals surface area contributed by atoms with E-state index < -0.39 is 17.2 Å². The fourth-order valence-corrected chi connectivity index (χ4v) is 2.98. The summed E-state index contributed by atoms with van der Waals surface area (Å²) in [7, 11) is 0. The highest BCUT2D eigenvalue weighted by molar-refractivity contribution is 7.11. The molecule has 2 heterocycles. The third kappa shape index (κ3) is 3.49. The van der Waals surface area contributed by atoms with Crippen LogP contribution in [-0.4, -0.2) is 41.7 Å². The van der Waals surface area contributed by atoms with Gasteiger partial charge in [-0.05, 0) is 13.8 Å². The Morgan fingerprint density at radius 3 is 2.75 bits per heavy atom. The van der Waals surface area contributed by atoms with Crippen LogP contribution in [0.1, 0.15) is 29.8 Å². The van der Waals surface area contributed by atoms with Gasteiger partial charge in [0.05, 0.1) is 18.8 Å². The van der Waals surface area contributed by atoms with Crippen molar-refractivity contribution >= 4 is 11.3 Å². The third-order valence-corrected chi connectivity index (χ3v) is 4.49. The molecule has 4 nitrogen and oxygen atoms in total. The van der Waals surface area contributed by atoms with Gasteiger partial charge in [0.15, 0.2) is 5.01 Å². The first kappa shape index (κ1) is 15.7. The number of nitrogens with zero attached hydrogens (tertiary/aromatic N) is 2. The van der Waals surface area contributed by atoms with Crippen LogP contribution in [0.15, 0.2) is 6.20 Å². The van der Waals surface area contributed by atoms with Crippen molar-refractivity contribution in [3.05, 3.63) is 16.1 Å². The zero-order valence-electron chi connectivity index (χ0n) is 11.4. The van der Waals surface area contributed by atoms with E-state index in [4.69, 9.17) is 10.5 Å². The Kier molecular flexibility index (Phi) is 4.68. The summed E-state index contributed by atoms with van der Waals surface area (Å²) in [6.07, 6.45) is -3.51. The van der Waals surface area contributed by atoms with Crippen LogP contribution in [0.25, 0.3) is 0 Å². The smallest absolute Gasteiger partial charge is 0.374 e. The van der Waals surface area contributed by atoms with Crippen molar-refractivity contribution in [3.63, 3.8) is 0 Å². The van der Waals surface area contributed by atoms with Crippen LogP contribution >= 0.6 is 11.3 Å². The lowest BCUT2D eigenvalue weighted by Gasteiger charge is -2.37. The van der Waals surface area contributed by atoms with Crippen molar-refractivity contribution in [1.29, 1.82) is 0 Å². The van der Waals surface area contributed by atoms with Gasteiger partial charge in [-0.3, -0.25) is 4.90 Å². The number of hydrogen-bond acceptors (Lipinski definition) is 5. The van der Waals surface area contributed by atoms with Gasteiger partial charge in [0.1, 0.15) is 0 Å². The Bertz CT molecular complexity index is 449. The molecule has 8 heteroatoms. The molecular weight excluding hydrogens is 291 g/mol. The maximum Gasteiger partial charge on any atom is 0.443 e. The Morgan fingerprint density at radius 1 is 1.50 bits per heavy atom. The van der Waals surface area contributed by atoms with Crippen LogP contribution in [0, 0.1) is 0 Å². The number of halogens is 3. The van der Waals surface area contributed by atoms with Gasteiger partial charge < -0.3 is 10.5 Å². The molecular formula is C12H18F3N3OS. The minimum atomic E-state index is -4.42.